The smallest absolute Gasteiger partial charge is 0.325 e. The van der Waals surface area contributed by atoms with Crippen LogP contribution >= 0.6 is 0 Å². The molecule has 1 saturated heterocycles. The zero-order chi connectivity index (χ0) is 22.3. The Morgan fingerprint density at radius 1 is 1.06 bits per heavy atom. The number of carbonyl (C=O) groups is 3. The largest absolute Gasteiger partial charge is 0.493 e. The number of benzene rings is 2. The first-order valence-electron chi connectivity index (χ1n) is 10.2. The van der Waals surface area contributed by atoms with E-state index in [1.54, 1.807) is 19.2 Å². The molecule has 2 aromatic carbocycles. The molecule has 4 amide bonds. The maximum atomic E-state index is 13.2. The van der Waals surface area contributed by atoms with E-state index >= 15 is 0 Å². The number of imide groups is 1. The lowest BCUT2D eigenvalue weighted by Crippen LogP contribution is -2.45. The van der Waals surface area contributed by atoms with Crippen molar-refractivity contribution in [3.8, 4) is 11.5 Å². The number of carbonyl (C=O) groups excluding carboxylic acids is 3. The second-order valence-electron chi connectivity index (χ2n) is 7.19. The van der Waals surface area contributed by atoms with Gasteiger partial charge in [0, 0.05) is 0 Å². The standard InChI is InChI=1S/C23H27N3O5/c1-3-13-23(17-9-5-4-6-10-17)21(28)26(22(29)25-23)16-20(27)24-14-15-31-19-12-8-7-11-18(19)30-2/h4-12H,3,13-16H2,1-2H3,(H,24,27)(H,25,29)/t23-/m1/s1. The summed E-state index contributed by atoms with van der Waals surface area (Å²) in [5.41, 5.74) is -0.427. The molecule has 164 valence electrons. The molecule has 2 N–H and O–H groups in total. The number of ether oxygens (including phenoxy) is 2. The molecule has 0 spiro atoms. The lowest BCUT2D eigenvalue weighted by atomic mass is 9.85. The number of methoxy groups -OCH3 is 1. The predicted octanol–water partition coefficient (Wildman–Crippen LogP) is 2.44. The highest BCUT2D eigenvalue weighted by Gasteiger charge is 2.52. The van der Waals surface area contributed by atoms with Crippen molar-refractivity contribution in [3.05, 3.63) is 60.2 Å². The van der Waals surface area contributed by atoms with Gasteiger partial charge >= 0.3 is 6.03 Å². The lowest BCUT2D eigenvalue weighted by Gasteiger charge is -2.26. The van der Waals surface area contributed by atoms with Crippen LogP contribution in [-0.4, -0.2) is 49.6 Å². The maximum Gasteiger partial charge on any atom is 0.325 e. The van der Waals surface area contributed by atoms with E-state index in [-0.39, 0.29) is 19.7 Å². The second kappa shape index (κ2) is 9.97. The van der Waals surface area contributed by atoms with Crippen LogP contribution in [0.2, 0.25) is 0 Å². The van der Waals surface area contributed by atoms with E-state index in [0.717, 1.165) is 4.90 Å². The van der Waals surface area contributed by atoms with Crippen molar-refractivity contribution in [1.29, 1.82) is 0 Å². The molecule has 1 atom stereocenters. The molecule has 0 radical (unpaired) electrons. The average Bonchev–Trinajstić information content (AvgIpc) is 3.03. The zero-order valence-corrected chi connectivity index (χ0v) is 17.7. The number of nitrogens with one attached hydrogen (secondary N) is 2. The fourth-order valence-corrected chi connectivity index (χ4v) is 3.67. The quantitative estimate of drug-likeness (QED) is 0.450. The molecule has 3 rings (SSSR count). The van der Waals surface area contributed by atoms with Gasteiger partial charge in [0.15, 0.2) is 11.5 Å². The van der Waals surface area contributed by atoms with Gasteiger partial charge in [-0.1, -0.05) is 55.8 Å². The third-order valence-corrected chi connectivity index (χ3v) is 5.12. The minimum absolute atomic E-state index is 0.218. The summed E-state index contributed by atoms with van der Waals surface area (Å²) in [4.78, 5) is 39.1. The molecular formula is C23H27N3O5. The number of rotatable bonds is 10. The number of hydrogen-bond donors (Lipinski definition) is 2. The van der Waals surface area contributed by atoms with Crippen LogP contribution in [0.3, 0.4) is 0 Å². The van der Waals surface area contributed by atoms with Gasteiger partial charge in [-0.05, 0) is 24.1 Å². The van der Waals surface area contributed by atoms with Crippen molar-refractivity contribution in [2.45, 2.75) is 25.3 Å². The maximum absolute atomic E-state index is 13.2. The summed E-state index contributed by atoms with van der Waals surface area (Å²) in [6, 6.07) is 15.8. The highest BCUT2D eigenvalue weighted by atomic mass is 16.5. The summed E-state index contributed by atoms with van der Waals surface area (Å²) in [6.07, 6.45) is 1.15. The van der Waals surface area contributed by atoms with Gasteiger partial charge < -0.3 is 20.1 Å². The summed E-state index contributed by atoms with van der Waals surface area (Å²) in [7, 11) is 1.55. The highest BCUT2D eigenvalue weighted by molar-refractivity contribution is 6.09. The van der Waals surface area contributed by atoms with E-state index in [1.807, 2.05) is 49.4 Å². The third-order valence-electron chi connectivity index (χ3n) is 5.12. The Kier molecular flexibility index (Phi) is 7.12. The van der Waals surface area contributed by atoms with Crippen LogP contribution in [0.1, 0.15) is 25.3 Å². The van der Waals surface area contributed by atoms with Crippen molar-refractivity contribution in [2.24, 2.45) is 0 Å². The number of amides is 4. The number of hydrogen-bond acceptors (Lipinski definition) is 5. The Bertz CT molecular complexity index is 934. The Morgan fingerprint density at radius 3 is 2.42 bits per heavy atom. The van der Waals surface area contributed by atoms with Crippen LogP contribution in [0.4, 0.5) is 4.79 Å². The Hall–Kier alpha value is -3.55. The van der Waals surface area contributed by atoms with E-state index in [2.05, 4.69) is 10.6 Å². The molecule has 31 heavy (non-hydrogen) atoms. The average molecular weight is 425 g/mol. The molecular weight excluding hydrogens is 398 g/mol. The van der Waals surface area contributed by atoms with Crippen LogP contribution in [0.25, 0.3) is 0 Å². The number of para-hydroxylation sites is 2. The number of urea groups is 1. The fraction of sp³-hybridized carbons (Fsp3) is 0.348. The van der Waals surface area contributed by atoms with Gasteiger partial charge in [0.2, 0.25) is 5.91 Å². The second-order valence-corrected chi connectivity index (χ2v) is 7.19. The summed E-state index contributed by atoms with van der Waals surface area (Å²) < 4.78 is 10.8. The molecule has 1 fully saturated rings. The third kappa shape index (κ3) is 4.79. The summed E-state index contributed by atoms with van der Waals surface area (Å²) in [5, 5.41) is 5.49. The molecule has 0 unspecified atom stereocenters. The number of nitrogens with zero attached hydrogens (tertiary/aromatic N) is 1. The zero-order valence-electron chi connectivity index (χ0n) is 17.7. The van der Waals surface area contributed by atoms with Crippen molar-refractivity contribution in [2.75, 3.05) is 26.8 Å². The van der Waals surface area contributed by atoms with Gasteiger partial charge in [-0.15, -0.1) is 0 Å². The SMILES string of the molecule is CCC[C@]1(c2ccccc2)NC(=O)N(CC(=O)NCCOc2ccccc2OC)C1=O. The van der Waals surface area contributed by atoms with E-state index in [4.69, 9.17) is 9.47 Å². The van der Waals surface area contributed by atoms with Crippen molar-refractivity contribution < 1.29 is 23.9 Å². The van der Waals surface area contributed by atoms with Crippen LogP contribution in [0, 0.1) is 0 Å². The normalized spacial score (nSPS) is 17.9. The van der Waals surface area contributed by atoms with Crippen molar-refractivity contribution in [1.82, 2.24) is 15.5 Å². The van der Waals surface area contributed by atoms with Crippen LogP contribution in [0.5, 0.6) is 11.5 Å². The van der Waals surface area contributed by atoms with Gasteiger partial charge in [-0.3, -0.25) is 14.5 Å². The van der Waals surface area contributed by atoms with Crippen LogP contribution < -0.4 is 20.1 Å². The Morgan fingerprint density at radius 2 is 1.74 bits per heavy atom. The first-order valence-corrected chi connectivity index (χ1v) is 10.2. The first kappa shape index (κ1) is 22.1. The fourth-order valence-electron chi connectivity index (χ4n) is 3.67. The monoisotopic (exact) mass is 425 g/mol. The van der Waals surface area contributed by atoms with E-state index < -0.39 is 23.4 Å². The minimum atomic E-state index is -1.14. The van der Waals surface area contributed by atoms with Gasteiger partial charge in [0.1, 0.15) is 18.7 Å². The molecule has 0 saturated carbocycles. The molecule has 2 aromatic rings. The van der Waals surface area contributed by atoms with E-state index in [9.17, 15) is 14.4 Å². The Balaban J connectivity index is 1.57. The van der Waals surface area contributed by atoms with E-state index in [1.165, 1.54) is 0 Å². The molecule has 1 aliphatic rings. The van der Waals surface area contributed by atoms with Crippen LogP contribution in [-0.2, 0) is 15.1 Å². The summed E-state index contributed by atoms with van der Waals surface area (Å²) in [5.74, 6) is 0.320. The molecule has 8 nitrogen and oxygen atoms in total. The summed E-state index contributed by atoms with van der Waals surface area (Å²) >= 11 is 0. The molecule has 8 heteroatoms. The highest BCUT2D eigenvalue weighted by Crippen LogP contribution is 2.33. The Labute approximate surface area is 181 Å². The predicted molar refractivity (Wildman–Crippen MR) is 115 cm³/mol. The van der Waals surface area contributed by atoms with Gasteiger partial charge in [-0.25, -0.2) is 4.79 Å². The van der Waals surface area contributed by atoms with Gasteiger partial charge in [-0.2, -0.15) is 0 Å². The molecule has 1 aliphatic heterocycles. The van der Waals surface area contributed by atoms with Crippen molar-refractivity contribution >= 4 is 17.8 Å². The van der Waals surface area contributed by atoms with Crippen LogP contribution in [0.15, 0.2) is 54.6 Å². The van der Waals surface area contributed by atoms with Gasteiger partial charge in [0.25, 0.3) is 5.91 Å². The topological polar surface area (TPSA) is 97.0 Å². The molecule has 1 heterocycles. The molecule has 0 aromatic heterocycles. The van der Waals surface area contributed by atoms with E-state index in [0.29, 0.717) is 29.9 Å². The molecule has 0 bridgehead atoms. The minimum Gasteiger partial charge on any atom is -0.493 e. The molecule has 0 aliphatic carbocycles. The summed E-state index contributed by atoms with van der Waals surface area (Å²) in [6.45, 7) is 2.04. The lowest BCUT2D eigenvalue weighted by molar-refractivity contribution is -0.135. The first-order chi connectivity index (χ1) is 15.0. The van der Waals surface area contributed by atoms with Crippen molar-refractivity contribution in [3.63, 3.8) is 0 Å². The van der Waals surface area contributed by atoms with Gasteiger partial charge in [0.05, 0.1) is 13.7 Å².